The van der Waals surface area contributed by atoms with Crippen LogP contribution in [0.5, 0.6) is 5.75 Å². The van der Waals surface area contributed by atoms with Gasteiger partial charge < -0.3 is 14.7 Å². The molecule has 0 heterocycles. The molecule has 4 aliphatic carbocycles. The number of phenols is 1. The van der Waals surface area contributed by atoms with Gasteiger partial charge in [-0.2, -0.15) is 5.26 Å². The monoisotopic (exact) mass is 382 g/mol. The van der Waals surface area contributed by atoms with Gasteiger partial charge in [0.2, 0.25) is 0 Å². The van der Waals surface area contributed by atoms with Crippen molar-refractivity contribution in [3.05, 3.63) is 29.8 Å². The maximum absolute atomic E-state index is 13.1. The van der Waals surface area contributed by atoms with Crippen molar-refractivity contribution in [3.8, 4) is 11.8 Å². The van der Waals surface area contributed by atoms with Gasteiger partial charge >= 0.3 is 5.97 Å². The van der Waals surface area contributed by atoms with Crippen LogP contribution >= 0.6 is 0 Å². The molecular weight excluding hydrogens is 356 g/mol. The number of hydrogen-bond donors (Lipinski definition) is 1. The summed E-state index contributed by atoms with van der Waals surface area (Å²) in [6.45, 7) is 0.0238. The zero-order valence-corrected chi connectivity index (χ0v) is 16.0. The quantitative estimate of drug-likeness (QED) is 0.763. The van der Waals surface area contributed by atoms with E-state index in [9.17, 15) is 14.7 Å². The van der Waals surface area contributed by atoms with Crippen molar-refractivity contribution in [1.29, 1.82) is 5.26 Å². The lowest BCUT2D eigenvalue weighted by molar-refractivity contribution is -0.153. The molecule has 28 heavy (non-hydrogen) atoms. The first kappa shape index (κ1) is 18.8. The van der Waals surface area contributed by atoms with Gasteiger partial charge in [-0.25, -0.2) is 4.79 Å². The second-order valence-corrected chi connectivity index (χ2v) is 8.69. The summed E-state index contributed by atoms with van der Waals surface area (Å²) in [5.41, 5.74) is -0.127. The smallest absolute Gasteiger partial charge is 0.342 e. The molecule has 0 unspecified atom stereocenters. The van der Waals surface area contributed by atoms with Gasteiger partial charge in [0.15, 0.2) is 6.61 Å². The summed E-state index contributed by atoms with van der Waals surface area (Å²) in [4.78, 5) is 27.2. The Morgan fingerprint density at radius 2 is 1.75 bits per heavy atom. The van der Waals surface area contributed by atoms with Crippen molar-refractivity contribution in [2.75, 3.05) is 13.2 Å². The summed E-state index contributed by atoms with van der Waals surface area (Å²) in [6.07, 6.45) is 7.09. The molecule has 1 aromatic carbocycles. The van der Waals surface area contributed by atoms with Crippen LogP contribution in [0.15, 0.2) is 24.3 Å². The first-order chi connectivity index (χ1) is 13.5. The number of aromatic hydroxyl groups is 1. The second-order valence-electron chi connectivity index (χ2n) is 8.69. The molecule has 0 radical (unpaired) electrons. The highest BCUT2D eigenvalue weighted by molar-refractivity contribution is 5.93. The molecule has 0 atom stereocenters. The normalized spacial score (nSPS) is 29.9. The number of para-hydroxylation sites is 1. The van der Waals surface area contributed by atoms with E-state index in [2.05, 4.69) is 6.07 Å². The van der Waals surface area contributed by atoms with Crippen LogP contribution in [0.2, 0.25) is 0 Å². The fourth-order valence-corrected chi connectivity index (χ4v) is 6.11. The van der Waals surface area contributed by atoms with Crippen LogP contribution in [0.3, 0.4) is 0 Å². The molecule has 4 bridgehead atoms. The molecule has 0 saturated heterocycles. The number of carbonyl (C=O) groups excluding carboxylic acids is 2. The number of carbonyl (C=O) groups is 2. The van der Waals surface area contributed by atoms with Crippen molar-refractivity contribution in [2.45, 2.75) is 50.5 Å². The lowest BCUT2D eigenvalue weighted by atomic mass is 9.52. The minimum absolute atomic E-state index is 0.0497. The molecule has 5 rings (SSSR count). The van der Waals surface area contributed by atoms with Gasteiger partial charge in [0.05, 0.1) is 12.5 Å². The van der Waals surface area contributed by atoms with E-state index in [1.165, 1.54) is 31.4 Å². The van der Waals surface area contributed by atoms with Crippen LogP contribution in [0.1, 0.15) is 55.3 Å². The Morgan fingerprint density at radius 3 is 2.32 bits per heavy atom. The lowest BCUT2D eigenvalue weighted by Gasteiger charge is -2.60. The Labute approximate surface area is 165 Å². The molecule has 148 valence electrons. The van der Waals surface area contributed by atoms with Crippen LogP contribution in [0.25, 0.3) is 0 Å². The van der Waals surface area contributed by atoms with Crippen molar-refractivity contribution in [3.63, 3.8) is 0 Å². The van der Waals surface area contributed by atoms with Crippen LogP contribution < -0.4 is 0 Å². The molecule has 0 aliphatic heterocycles. The molecule has 1 N–H and O–H groups in total. The standard InChI is InChI=1S/C22H26N2O4/c23-6-3-7-24(22-11-15-8-16(12-22)10-17(9-15)13-22)20(26)14-28-21(27)18-4-1-2-5-19(18)25/h1-2,4-5,15-17,25H,3,7-14H2. The molecule has 1 aromatic rings. The summed E-state index contributed by atoms with van der Waals surface area (Å²) >= 11 is 0. The second kappa shape index (κ2) is 7.46. The predicted octanol–water partition coefficient (Wildman–Crippen LogP) is 3.26. The number of amides is 1. The molecule has 0 aromatic heterocycles. The Balaban J connectivity index is 1.47. The first-order valence-electron chi connectivity index (χ1n) is 10.1. The summed E-state index contributed by atoms with van der Waals surface area (Å²) in [5, 5.41) is 18.9. The van der Waals surface area contributed by atoms with Gasteiger partial charge in [0, 0.05) is 12.1 Å². The van der Waals surface area contributed by atoms with E-state index in [1.54, 1.807) is 12.1 Å². The fourth-order valence-electron chi connectivity index (χ4n) is 6.11. The number of benzene rings is 1. The van der Waals surface area contributed by atoms with E-state index in [4.69, 9.17) is 10.00 Å². The van der Waals surface area contributed by atoms with Gasteiger partial charge in [0.25, 0.3) is 5.91 Å². The lowest BCUT2D eigenvalue weighted by Crippen LogP contribution is -2.62. The van der Waals surface area contributed by atoms with E-state index in [0.29, 0.717) is 24.3 Å². The average Bonchev–Trinajstić information content (AvgIpc) is 2.65. The Morgan fingerprint density at radius 1 is 1.14 bits per heavy atom. The Bertz CT molecular complexity index is 778. The minimum atomic E-state index is -0.711. The number of esters is 1. The third-order valence-electron chi connectivity index (χ3n) is 6.78. The molecular formula is C22H26N2O4. The van der Waals surface area contributed by atoms with E-state index in [-0.39, 0.29) is 35.8 Å². The van der Waals surface area contributed by atoms with Crippen LogP contribution in [0, 0.1) is 29.1 Å². The summed E-state index contributed by atoms with van der Waals surface area (Å²) < 4.78 is 5.22. The van der Waals surface area contributed by atoms with Crippen molar-refractivity contribution in [2.24, 2.45) is 17.8 Å². The maximum atomic E-state index is 13.1. The van der Waals surface area contributed by atoms with Crippen LogP contribution in [-0.2, 0) is 9.53 Å². The van der Waals surface area contributed by atoms with Gasteiger partial charge in [0.1, 0.15) is 11.3 Å². The summed E-state index contributed by atoms with van der Waals surface area (Å²) in [7, 11) is 0. The SMILES string of the molecule is N#CCCN(C(=O)COC(=O)c1ccccc1O)C12CC3CC(CC(C3)C1)C2. The fraction of sp³-hybridized carbons (Fsp3) is 0.591. The third kappa shape index (κ3) is 3.46. The zero-order chi connectivity index (χ0) is 19.7. The van der Waals surface area contributed by atoms with Crippen LogP contribution in [0.4, 0.5) is 0 Å². The first-order valence-corrected chi connectivity index (χ1v) is 10.1. The largest absolute Gasteiger partial charge is 0.507 e. The van der Waals surface area contributed by atoms with E-state index in [1.807, 2.05) is 4.90 Å². The summed E-state index contributed by atoms with van der Waals surface area (Å²) in [6, 6.07) is 8.28. The third-order valence-corrected chi connectivity index (χ3v) is 6.78. The molecule has 4 saturated carbocycles. The van der Waals surface area contributed by atoms with Crippen molar-refractivity contribution < 1.29 is 19.4 Å². The van der Waals surface area contributed by atoms with E-state index in [0.717, 1.165) is 19.3 Å². The maximum Gasteiger partial charge on any atom is 0.342 e. The van der Waals surface area contributed by atoms with Gasteiger partial charge in [-0.05, 0) is 68.4 Å². The molecule has 4 fully saturated rings. The van der Waals surface area contributed by atoms with Crippen molar-refractivity contribution >= 4 is 11.9 Å². The van der Waals surface area contributed by atoms with Crippen molar-refractivity contribution in [1.82, 2.24) is 4.90 Å². The Hall–Kier alpha value is -2.55. The highest BCUT2D eigenvalue weighted by Crippen LogP contribution is 2.57. The number of ether oxygens (including phenoxy) is 1. The van der Waals surface area contributed by atoms with E-state index >= 15 is 0 Å². The molecule has 1 amide bonds. The molecule has 0 spiro atoms. The van der Waals surface area contributed by atoms with Gasteiger partial charge in [-0.3, -0.25) is 4.79 Å². The molecule has 6 nitrogen and oxygen atoms in total. The number of rotatable bonds is 6. The highest BCUT2D eigenvalue weighted by Gasteiger charge is 2.54. The highest BCUT2D eigenvalue weighted by atomic mass is 16.5. The summed E-state index contributed by atoms with van der Waals surface area (Å²) in [5.74, 6) is 0.910. The minimum Gasteiger partial charge on any atom is -0.507 e. The number of nitriles is 1. The van der Waals surface area contributed by atoms with Crippen LogP contribution in [-0.4, -0.2) is 40.6 Å². The van der Waals surface area contributed by atoms with Gasteiger partial charge in [-0.15, -0.1) is 0 Å². The van der Waals surface area contributed by atoms with Gasteiger partial charge in [-0.1, -0.05) is 12.1 Å². The van der Waals surface area contributed by atoms with E-state index < -0.39 is 5.97 Å². The topological polar surface area (TPSA) is 90.6 Å². The molecule has 6 heteroatoms. The average molecular weight is 382 g/mol. The number of phenolic OH excluding ortho intramolecular Hbond substituents is 1. The predicted molar refractivity (Wildman–Crippen MR) is 101 cm³/mol. The number of hydrogen-bond acceptors (Lipinski definition) is 5. The Kier molecular flexibility index (Phi) is 5.01. The number of nitrogens with zero attached hydrogens (tertiary/aromatic N) is 2. The zero-order valence-electron chi connectivity index (χ0n) is 16.0. The molecule has 4 aliphatic rings.